The average Bonchev–Trinajstić information content (AvgIpc) is 3.15. The number of aromatic nitrogens is 3. The summed E-state index contributed by atoms with van der Waals surface area (Å²) in [6, 6.07) is 11.2. The van der Waals surface area contributed by atoms with Crippen LogP contribution in [-0.4, -0.2) is 26.7 Å². The standard InChI is InChI=1S/C25H35N3O2/c1-3-4-5-6-7-8-9-10-11-12-17-30-21-14-16-24(25(29)19-21)28-26-22-15-13-20(2)18-23(22)27-28/h13-16,18-19,29H,3-12,17H2,1-2H3. The Balaban J connectivity index is 1.39. The zero-order valence-electron chi connectivity index (χ0n) is 18.4. The monoisotopic (exact) mass is 409 g/mol. The van der Waals surface area contributed by atoms with Gasteiger partial charge in [-0.2, -0.15) is 0 Å². The number of ether oxygens (including phenoxy) is 1. The predicted molar refractivity (Wildman–Crippen MR) is 123 cm³/mol. The van der Waals surface area contributed by atoms with Gasteiger partial charge in [-0.15, -0.1) is 15.0 Å². The number of unbranched alkanes of at least 4 members (excludes halogenated alkanes) is 9. The van der Waals surface area contributed by atoms with Crippen LogP contribution in [0.4, 0.5) is 0 Å². The lowest BCUT2D eigenvalue weighted by Crippen LogP contribution is -2.01. The van der Waals surface area contributed by atoms with Gasteiger partial charge in [-0.05, 0) is 43.2 Å². The molecule has 162 valence electrons. The second kappa shape index (κ2) is 11.6. The van der Waals surface area contributed by atoms with E-state index >= 15 is 0 Å². The van der Waals surface area contributed by atoms with E-state index in [-0.39, 0.29) is 5.75 Å². The number of hydrogen-bond acceptors (Lipinski definition) is 4. The molecule has 5 nitrogen and oxygen atoms in total. The molecule has 0 atom stereocenters. The molecule has 0 radical (unpaired) electrons. The maximum absolute atomic E-state index is 10.4. The zero-order chi connectivity index (χ0) is 21.2. The summed E-state index contributed by atoms with van der Waals surface area (Å²) in [7, 11) is 0. The summed E-state index contributed by atoms with van der Waals surface area (Å²) >= 11 is 0. The van der Waals surface area contributed by atoms with Crippen molar-refractivity contribution in [1.29, 1.82) is 0 Å². The lowest BCUT2D eigenvalue weighted by atomic mass is 10.1. The quantitative estimate of drug-likeness (QED) is 0.318. The minimum Gasteiger partial charge on any atom is -0.505 e. The van der Waals surface area contributed by atoms with E-state index in [1.54, 1.807) is 12.1 Å². The van der Waals surface area contributed by atoms with E-state index in [1.807, 2.05) is 31.2 Å². The number of nitrogens with zero attached hydrogens (tertiary/aromatic N) is 3. The van der Waals surface area contributed by atoms with Crippen molar-refractivity contribution < 1.29 is 9.84 Å². The molecule has 1 aromatic heterocycles. The topological polar surface area (TPSA) is 60.2 Å². The van der Waals surface area contributed by atoms with Crippen LogP contribution in [0.3, 0.4) is 0 Å². The third-order valence-electron chi connectivity index (χ3n) is 5.46. The predicted octanol–water partition coefficient (Wildman–Crippen LogP) is 6.73. The second-order valence-electron chi connectivity index (χ2n) is 8.16. The van der Waals surface area contributed by atoms with E-state index < -0.39 is 0 Å². The molecule has 0 aliphatic heterocycles. The Labute approximate surface area is 180 Å². The molecule has 0 fully saturated rings. The molecule has 1 heterocycles. The number of rotatable bonds is 13. The van der Waals surface area contributed by atoms with E-state index in [4.69, 9.17) is 4.74 Å². The maximum atomic E-state index is 10.4. The fraction of sp³-hybridized carbons (Fsp3) is 0.520. The smallest absolute Gasteiger partial charge is 0.146 e. The first-order valence-electron chi connectivity index (χ1n) is 11.5. The van der Waals surface area contributed by atoms with Crippen molar-refractivity contribution in [3.05, 3.63) is 42.0 Å². The highest BCUT2D eigenvalue weighted by atomic mass is 16.5. The number of aromatic hydroxyl groups is 1. The number of benzene rings is 2. The lowest BCUT2D eigenvalue weighted by molar-refractivity contribution is 0.302. The minimum atomic E-state index is 0.118. The fourth-order valence-corrected chi connectivity index (χ4v) is 3.67. The summed E-state index contributed by atoms with van der Waals surface area (Å²) < 4.78 is 5.81. The first kappa shape index (κ1) is 22.1. The maximum Gasteiger partial charge on any atom is 0.146 e. The van der Waals surface area contributed by atoms with Crippen LogP contribution in [0.5, 0.6) is 11.5 Å². The van der Waals surface area contributed by atoms with E-state index in [0.29, 0.717) is 18.0 Å². The molecule has 3 rings (SSSR count). The van der Waals surface area contributed by atoms with Crippen molar-refractivity contribution >= 4 is 11.0 Å². The number of phenols is 1. The first-order valence-corrected chi connectivity index (χ1v) is 11.5. The third kappa shape index (κ3) is 6.48. The number of fused-ring (bicyclic) bond motifs is 1. The highest BCUT2D eigenvalue weighted by Crippen LogP contribution is 2.27. The summed E-state index contributed by atoms with van der Waals surface area (Å²) in [5.74, 6) is 0.798. The van der Waals surface area contributed by atoms with Crippen LogP contribution in [-0.2, 0) is 0 Å². The van der Waals surface area contributed by atoms with Crippen molar-refractivity contribution in [3.63, 3.8) is 0 Å². The van der Waals surface area contributed by atoms with Gasteiger partial charge in [0.15, 0.2) is 0 Å². The normalized spacial score (nSPS) is 11.3. The summed E-state index contributed by atoms with van der Waals surface area (Å²) in [6.45, 7) is 4.96. The third-order valence-corrected chi connectivity index (χ3v) is 5.46. The Bertz CT molecular complexity index is 920. The molecule has 0 unspecified atom stereocenters. The van der Waals surface area contributed by atoms with Gasteiger partial charge in [0.05, 0.1) is 6.61 Å². The van der Waals surface area contributed by atoms with Crippen molar-refractivity contribution in [2.45, 2.75) is 78.1 Å². The van der Waals surface area contributed by atoms with Crippen molar-refractivity contribution in [2.24, 2.45) is 0 Å². The molecule has 3 aromatic rings. The molecule has 0 amide bonds. The summed E-state index contributed by atoms with van der Waals surface area (Å²) in [5, 5.41) is 19.3. The first-order chi connectivity index (χ1) is 14.7. The Hall–Kier alpha value is -2.56. The molecule has 1 N–H and O–H groups in total. The van der Waals surface area contributed by atoms with Crippen LogP contribution in [0, 0.1) is 6.92 Å². The highest BCUT2D eigenvalue weighted by Gasteiger charge is 2.10. The Morgan fingerprint density at radius 3 is 2.17 bits per heavy atom. The van der Waals surface area contributed by atoms with Gasteiger partial charge in [0.2, 0.25) is 0 Å². The number of hydrogen-bond donors (Lipinski definition) is 1. The highest BCUT2D eigenvalue weighted by molar-refractivity contribution is 5.74. The van der Waals surface area contributed by atoms with Gasteiger partial charge >= 0.3 is 0 Å². The molecule has 0 bridgehead atoms. The Morgan fingerprint density at radius 2 is 1.47 bits per heavy atom. The lowest BCUT2D eigenvalue weighted by Gasteiger charge is -2.09. The molecule has 2 aromatic carbocycles. The van der Waals surface area contributed by atoms with Crippen LogP contribution < -0.4 is 4.74 Å². The van der Waals surface area contributed by atoms with E-state index in [1.165, 1.54) is 62.6 Å². The molecule has 0 saturated carbocycles. The number of aryl methyl sites for hydroxylation is 1. The summed E-state index contributed by atoms with van der Waals surface area (Å²) in [5.41, 5.74) is 3.31. The van der Waals surface area contributed by atoms with Gasteiger partial charge in [0, 0.05) is 6.07 Å². The minimum absolute atomic E-state index is 0.118. The average molecular weight is 410 g/mol. The SMILES string of the molecule is CCCCCCCCCCCCOc1ccc(-n2nc3ccc(C)cc3n2)c(O)c1. The van der Waals surface area contributed by atoms with Gasteiger partial charge in [-0.25, -0.2) is 0 Å². The van der Waals surface area contributed by atoms with Crippen molar-refractivity contribution in [2.75, 3.05) is 6.61 Å². The van der Waals surface area contributed by atoms with Crippen LogP contribution in [0.15, 0.2) is 36.4 Å². The molecule has 30 heavy (non-hydrogen) atoms. The zero-order valence-corrected chi connectivity index (χ0v) is 18.4. The molecule has 5 heteroatoms. The van der Waals surface area contributed by atoms with Crippen LogP contribution in [0.2, 0.25) is 0 Å². The van der Waals surface area contributed by atoms with E-state index in [9.17, 15) is 5.11 Å². The van der Waals surface area contributed by atoms with Gasteiger partial charge in [-0.3, -0.25) is 0 Å². The van der Waals surface area contributed by atoms with E-state index in [0.717, 1.165) is 23.0 Å². The van der Waals surface area contributed by atoms with Crippen LogP contribution in [0.25, 0.3) is 16.7 Å². The molecule has 0 saturated heterocycles. The molecular formula is C25H35N3O2. The summed E-state index contributed by atoms with van der Waals surface area (Å²) in [4.78, 5) is 1.48. The Kier molecular flexibility index (Phi) is 8.54. The number of phenolic OH excluding ortho intramolecular Hbond substituents is 1. The van der Waals surface area contributed by atoms with Crippen LogP contribution in [0.1, 0.15) is 76.7 Å². The molecule has 0 aliphatic carbocycles. The molecule has 0 spiro atoms. The Morgan fingerprint density at radius 1 is 0.800 bits per heavy atom. The van der Waals surface area contributed by atoms with Gasteiger partial charge in [0.25, 0.3) is 0 Å². The van der Waals surface area contributed by atoms with Crippen molar-refractivity contribution in [1.82, 2.24) is 15.0 Å². The van der Waals surface area contributed by atoms with Gasteiger partial charge in [-0.1, -0.05) is 70.8 Å². The van der Waals surface area contributed by atoms with Crippen LogP contribution >= 0.6 is 0 Å². The largest absolute Gasteiger partial charge is 0.505 e. The van der Waals surface area contributed by atoms with E-state index in [2.05, 4.69) is 17.1 Å². The fourth-order valence-electron chi connectivity index (χ4n) is 3.67. The second-order valence-corrected chi connectivity index (χ2v) is 8.16. The molecule has 0 aliphatic rings. The molecular weight excluding hydrogens is 374 g/mol. The van der Waals surface area contributed by atoms with Gasteiger partial charge < -0.3 is 9.84 Å². The summed E-state index contributed by atoms with van der Waals surface area (Å²) in [6.07, 6.45) is 13.1. The van der Waals surface area contributed by atoms with Crippen molar-refractivity contribution in [3.8, 4) is 17.2 Å². The van der Waals surface area contributed by atoms with Gasteiger partial charge in [0.1, 0.15) is 28.2 Å².